The van der Waals surface area contributed by atoms with E-state index in [-0.39, 0.29) is 0 Å². The molecule has 17 heavy (non-hydrogen) atoms. The number of rotatable bonds is 1. The predicted octanol–water partition coefficient (Wildman–Crippen LogP) is 3.55. The molecule has 0 spiro atoms. The minimum absolute atomic E-state index is 1.05. The van der Waals surface area contributed by atoms with Gasteiger partial charge in [0.05, 0.1) is 11.4 Å². The van der Waals surface area contributed by atoms with Crippen LogP contribution >= 0.6 is 0 Å². The minimum atomic E-state index is 1.05. The molecule has 3 rings (SSSR count). The standard InChI is InChI=1S/C15H14N2/c1-11-10-15(17(2)16-11)14-9-5-7-12-6-3-4-8-13(12)14/h3-10H,1-2H3. The molecule has 0 atom stereocenters. The lowest BCUT2D eigenvalue weighted by Crippen LogP contribution is -1.94. The molecule has 0 saturated carbocycles. The van der Waals surface area contributed by atoms with Gasteiger partial charge >= 0.3 is 0 Å². The number of fused-ring (bicyclic) bond motifs is 1. The lowest BCUT2D eigenvalue weighted by Gasteiger charge is -2.06. The summed E-state index contributed by atoms with van der Waals surface area (Å²) in [6.45, 7) is 2.02. The second-order valence-electron chi connectivity index (χ2n) is 4.32. The Labute approximate surface area is 101 Å². The third-order valence-corrected chi connectivity index (χ3v) is 3.07. The monoisotopic (exact) mass is 222 g/mol. The average molecular weight is 222 g/mol. The van der Waals surface area contributed by atoms with Crippen molar-refractivity contribution in [1.82, 2.24) is 9.78 Å². The van der Waals surface area contributed by atoms with Gasteiger partial charge in [0.2, 0.25) is 0 Å². The predicted molar refractivity (Wildman–Crippen MR) is 70.9 cm³/mol. The summed E-state index contributed by atoms with van der Waals surface area (Å²) in [6.07, 6.45) is 0. The molecule has 2 aromatic carbocycles. The molecule has 0 amide bonds. The molecule has 0 aliphatic rings. The van der Waals surface area contributed by atoms with E-state index in [0.29, 0.717) is 0 Å². The van der Waals surface area contributed by atoms with Crippen LogP contribution in [0.2, 0.25) is 0 Å². The van der Waals surface area contributed by atoms with Crippen molar-refractivity contribution in [2.75, 3.05) is 0 Å². The molecule has 2 heteroatoms. The molecule has 0 saturated heterocycles. The van der Waals surface area contributed by atoms with Crippen LogP contribution in [0.4, 0.5) is 0 Å². The molecular formula is C15H14N2. The molecule has 84 valence electrons. The number of hydrogen-bond donors (Lipinski definition) is 0. The fourth-order valence-electron chi connectivity index (χ4n) is 2.31. The summed E-state index contributed by atoms with van der Waals surface area (Å²) in [5, 5.41) is 6.95. The maximum absolute atomic E-state index is 4.41. The third kappa shape index (κ3) is 1.62. The van der Waals surface area contributed by atoms with Crippen LogP contribution in [0, 0.1) is 6.92 Å². The fourth-order valence-corrected chi connectivity index (χ4v) is 2.31. The largest absolute Gasteiger partial charge is 0.268 e. The fraction of sp³-hybridized carbons (Fsp3) is 0.133. The first-order valence-electron chi connectivity index (χ1n) is 5.74. The van der Waals surface area contributed by atoms with Gasteiger partial charge in [0, 0.05) is 12.6 Å². The van der Waals surface area contributed by atoms with Crippen molar-refractivity contribution in [2.24, 2.45) is 7.05 Å². The Morgan fingerprint density at radius 3 is 2.53 bits per heavy atom. The van der Waals surface area contributed by atoms with Crippen molar-refractivity contribution in [3.63, 3.8) is 0 Å². The summed E-state index contributed by atoms with van der Waals surface area (Å²) < 4.78 is 1.94. The van der Waals surface area contributed by atoms with Gasteiger partial charge in [-0.05, 0) is 23.8 Å². The van der Waals surface area contributed by atoms with E-state index in [0.717, 1.165) is 5.69 Å². The first kappa shape index (κ1) is 10.1. The van der Waals surface area contributed by atoms with Crippen molar-refractivity contribution in [2.45, 2.75) is 6.92 Å². The van der Waals surface area contributed by atoms with E-state index in [1.54, 1.807) is 0 Å². The summed E-state index contributed by atoms with van der Waals surface area (Å²) in [4.78, 5) is 0. The van der Waals surface area contributed by atoms with Crippen molar-refractivity contribution in [3.8, 4) is 11.3 Å². The highest BCUT2D eigenvalue weighted by molar-refractivity contribution is 5.95. The normalized spacial score (nSPS) is 10.9. The maximum atomic E-state index is 4.41. The molecule has 0 fully saturated rings. The van der Waals surface area contributed by atoms with Gasteiger partial charge in [0.15, 0.2) is 0 Å². The number of aryl methyl sites for hydroxylation is 2. The molecule has 1 heterocycles. The molecule has 0 radical (unpaired) electrons. The first-order chi connectivity index (χ1) is 8.25. The van der Waals surface area contributed by atoms with Crippen LogP contribution in [0.3, 0.4) is 0 Å². The number of hydrogen-bond acceptors (Lipinski definition) is 1. The second kappa shape index (κ2) is 3.74. The van der Waals surface area contributed by atoms with Gasteiger partial charge in [-0.1, -0.05) is 42.5 Å². The highest BCUT2D eigenvalue weighted by Gasteiger charge is 2.07. The van der Waals surface area contributed by atoms with Crippen LogP contribution < -0.4 is 0 Å². The van der Waals surface area contributed by atoms with E-state index >= 15 is 0 Å². The second-order valence-corrected chi connectivity index (χ2v) is 4.32. The molecule has 3 aromatic rings. The first-order valence-corrected chi connectivity index (χ1v) is 5.74. The number of benzene rings is 2. The Balaban J connectivity index is 2.34. The topological polar surface area (TPSA) is 17.8 Å². The highest BCUT2D eigenvalue weighted by atomic mass is 15.3. The molecule has 0 aliphatic carbocycles. The quantitative estimate of drug-likeness (QED) is 0.615. The van der Waals surface area contributed by atoms with E-state index in [1.165, 1.54) is 22.0 Å². The van der Waals surface area contributed by atoms with Crippen molar-refractivity contribution >= 4 is 10.8 Å². The molecule has 0 unspecified atom stereocenters. The summed E-state index contributed by atoms with van der Waals surface area (Å²) in [5.41, 5.74) is 3.46. The van der Waals surface area contributed by atoms with Gasteiger partial charge in [-0.3, -0.25) is 4.68 Å². The molecular weight excluding hydrogens is 208 g/mol. The minimum Gasteiger partial charge on any atom is -0.268 e. The Kier molecular flexibility index (Phi) is 2.22. The van der Waals surface area contributed by atoms with Gasteiger partial charge < -0.3 is 0 Å². The van der Waals surface area contributed by atoms with Crippen LogP contribution in [0.15, 0.2) is 48.5 Å². The van der Waals surface area contributed by atoms with Gasteiger partial charge in [-0.25, -0.2) is 0 Å². The van der Waals surface area contributed by atoms with E-state index in [2.05, 4.69) is 53.6 Å². The van der Waals surface area contributed by atoms with Gasteiger partial charge in [0.1, 0.15) is 0 Å². The Hall–Kier alpha value is -2.09. The number of nitrogens with zero attached hydrogens (tertiary/aromatic N) is 2. The van der Waals surface area contributed by atoms with Crippen molar-refractivity contribution in [3.05, 3.63) is 54.2 Å². The van der Waals surface area contributed by atoms with E-state index in [1.807, 2.05) is 18.7 Å². The Morgan fingerprint density at radius 1 is 1.00 bits per heavy atom. The van der Waals surface area contributed by atoms with E-state index in [4.69, 9.17) is 0 Å². The average Bonchev–Trinajstić information content (AvgIpc) is 2.68. The van der Waals surface area contributed by atoms with Crippen LogP contribution in [-0.2, 0) is 7.05 Å². The van der Waals surface area contributed by atoms with E-state index < -0.39 is 0 Å². The highest BCUT2D eigenvalue weighted by Crippen LogP contribution is 2.28. The molecule has 0 aliphatic heterocycles. The lowest BCUT2D eigenvalue weighted by molar-refractivity contribution is 0.764. The van der Waals surface area contributed by atoms with Crippen LogP contribution in [0.1, 0.15) is 5.69 Å². The smallest absolute Gasteiger partial charge is 0.0687 e. The maximum Gasteiger partial charge on any atom is 0.0687 e. The zero-order chi connectivity index (χ0) is 11.8. The summed E-state index contributed by atoms with van der Waals surface area (Å²) in [7, 11) is 1.99. The summed E-state index contributed by atoms with van der Waals surface area (Å²) >= 11 is 0. The van der Waals surface area contributed by atoms with Crippen LogP contribution in [0.5, 0.6) is 0 Å². The Morgan fingerprint density at radius 2 is 1.76 bits per heavy atom. The SMILES string of the molecule is Cc1cc(-c2cccc3ccccc23)n(C)n1. The van der Waals surface area contributed by atoms with Gasteiger partial charge in [-0.2, -0.15) is 5.10 Å². The van der Waals surface area contributed by atoms with Crippen molar-refractivity contribution in [1.29, 1.82) is 0 Å². The third-order valence-electron chi connectivity index (χ3n) is 3.07. The summed E-state index contributed by atoms with van der Waals surface area (Å²) in [6, 6.07) is 17.0. The van der Waals surface area contributed by atoms with E-state index in [9.17, 15) is 0 Å². The van der Waals surface area contributed by atoms with Crippen LogP contribution in [-0.4, -0.2) is 9.78 Å². The number of aromatic nitrogens is 2. The van der Waals surface area contributed by atoms with Crippen molar-refractivity contribution < 1.29 is 0 Å². The zero-order valence-corrected chi connectivity index (χ0v) is 10.0. The van der Waals surface area contributed by atoms with Crippen LogP contribution in [0.25, 0.3) is 22.0 Å². The molecule has 0 bridgehead atoms. The van der Waals surface area contributed by atoms with Gasteiger partial charge in [0.25, 0.3) is 0 Å². The zero-order valence-electron chi connectivity index (χ0n) is 10.0. The lowest BCUT2D eigenvalue weighted by atomic mass is 10.0. The Bertz CT molecular complexity index is 675. The van der Waals surface area contributed by atoms with Gasteiger partial charge in [-0.15, -0.1) is 0 Å². The molecule has 2 nitrogen and oxygen atoms in total. The summed E-state index contributed by atoms with van der Waals surface area (Å²) in [5.74, 6) is 0. The molecule has 0 N–H and O–H groups in total. The molecule has 1 aromatic heterocycles.